The Kier molecular flexibility index (Phi) is 3.96. The van der Waals surface area contributed by atoms with E-state index in [9.17, 15) is 4.79 Å². The van der Waals surface area contributed by atoms with Crippen LogP contribution in [0.1, 0.15) is 47.0 Å². The van der Waals surface area contributed by atoms with Crippen molar-refractivity contribution < 1.29 is 14.6 Å². The fourth-order valence-corrected chi connectivity index (χ4v) is 2.50. The van der Waals surface area contributed by atoms with Crippen molar-refractivity contribution in [3.63, 3.8) is 0 Å². The zero-order valence-corrected chi connectivity index (χ0v) is 11.6. The van der Waals surface area contributed by atoms with Crippen LogP contribution in [-0.2, 0) is 11.3 Å². The Bertz CT molecular complexity index is 633. The van der Waals surface area contributed by atoms with E-state index >= 15 is 0 Å². The molecule has 1 atom stereocenters. The quantitative estimate of drug-likeness (QED) is 0.933. The molecule has 1 aliphatic heterocycles. The molecule has 1 saturated heterocycles. The van der Waals surface area contributed by atoms with Crippen LogP contribution in [0.15, 0.2) is 30.5 Å². The molecule has 0 amide bonds. The molecular formula is C15H17N3O3. The number of ether oxygens (including phenoxy) is 1. The van der Waals surface area contributed by atoms with Crippen LogP contribution in [0.2, 0.25) is 0 Å². The molecule has 1 fully saturated rings. The summed E-state index contributed by atoms with van der Waals surface area (Å²) >= 11 is 0. The first kappa shape index (κ1) is 13.8. The van der Waals surface area contributed by atoms with Gasteiger partial charge in [0.1, 0.15) is 11.8 Å². The standard InChI is InChI=1S/C15H17N3O3/c19-15(20)12-5-3-4-11(8-12)9-18-10-13(16-17-18)14-6-1-2-7-21-14/h3-5,8,10,14H,1-2,6-7,9H2,(H,19,20). The monoisotopic (exact) mass is 287 g/mol. The van der Waals surface area contributed by atoms with Gasteiger partial charge in [-0.2, -0.15) is 0 Å². The van der Waals surface area contributed by atoms with Crippen molar-refractivity contribution in [2.45, 2.75) is 31.9 Å². The topological polar surface area (TPSA) is 77.2 Å². The fraction of sp³-hybridized carbons (Fsp3) is 0.400. The molecule has 3 rings (SSSR count). The van der Waals surface area contributed by atoms with E-state index in [1.54, 1.807) is 22.9 Å². The number of carbonyl (C=O) groups is 1. The highest BCUT2D eigenvalue weighted by molar-refractivity contribution is 5.87. The molecule has 1 aliphatic rings. The summed E-state index contributed by atoms with van der Waals surface area (Å²) in [6.07, 6.45) is 5.15. The lowest BCUT2D eigenvalue weighted by atomic mass is 10.1. The molecule has 0 radical (unpaired) electrons. The Labute approximate surface area is 122 Å². The van der Waals surface area contributed by atoms with E-state index in [1.807, 2.05) is 12.3 Å². The van der Waals surface area contributed by atoms with E-state index in [0.29, 0.717) is 6.54 Å². The highest BCUT2D eigenvalue weighted by Gasteiger charge is 2.19. The normalized spacial score (nSPS) is 18.6. The predicted octanol–water partition coefficient (Wildman–Crippen LogP) is 2.27. The molecule has 0 saturated carbocycles. The number of benzene rings is 1. The number of rotatable bonds is 4. The summed E-state index contributed by atoms with van der Waals surface area (Å²) in [5.74, 6) is -0.924. The van der Waals surface area contributed by atoms with Crippen molar-refractivity contribution in [1.29, 1.82) is 0 Å². The van der Waals surface area contributed by atoms with E-state index in [0.717, 1.165) is 37.1 Å². The summed E-state index contributed by atoms with van der Waals surface area (Å²) < 4.78 is 7.40. The van der Waals surface area contributed by atoms with Crippen LogP contribution in [0, 0.1) is 0 Å². The van der Waals surface area contributed by atoms with Crippen molar-refractivity contribution in [2.75, 3.05) is 6.61 Å². The van der Waals surface area contributed by atoms with Gasteiger partial charge in [0.25, 0.3) is 0 Å². The molecule has 1 N–H and O–H groups in total. The van der Waals surface area contributed by atoms with Crippen LogP contribution in [0.25, 0.3) is 0 Å². The van der Waals surface area contributed by atoms with Gasteiger partial charge in [-0.05, 0) is 37.0 Å². The second-order valence-electron chi connectivity index (χ2n) is 5.20. The van der Waals surface area contributed by atoms with Crippen molar-refractivity contribution in [2.24, 2.45) is 0 Å². The first-order chi connectivity index (χ1) is 10.2. The summed E-state index contributed by atoms with van der Waals surface area (Å²) in [5, 5.41) is 17.3. The van der Waals surface area contributed by atoms with E-state index < -0.39 is 5.97 Å². The van der Waals surface area contributed by atoms with Gasteiger partial charge in [-0.15, -0.1) is 5.10 Å². The summed E-state index contributed by atoms with van der Waals surface area (Å²) in [7, 11) is 0. The highest BCUT2D eigenvalue weighted by Crippen LogP contribution is 2.25. The van der Waals surface area contributed by atoms with Crippen LogP contribution in [0.4, 0.5) is 0 Å². The average molecular weight is 287 g/mol. The lowest BCUT2D eigenvalue weighted by Crippen LogP contribution is -2.11. The Morgan fingerprint density at radius 1 is 1.43 bits per heavy atom. The Morgan fingerprint density at radius 2 is 2.33 bits per heavy atom. The lowest BCUT2D eigenvalue weighted by molar-refractivity contribution is 0.0122. The van der Waals surface area contributed by atoms with Gasteiger partial charge >= 0.3 is 5.97 Å². The molecule has 110 valence electrons. The smallest absolute Gasteiger partial charge is 0.335 e. The molecule has 0 bridgehead atoms. The maximum absolute atomic E-state index is 11.0. The van der Waals surface area contributed by atoms with Crippen molar-refractivity contribution >= 4 is 5.97 Å². The molecule has 2 aromatic rings. The summed E-state index contributed by atoms with van der Waals surface area (Å²) in [6, 6.07) is 6.85. The van der Waals surface area contributed by atoms with Crippen LogP contribution in [0.5, 0.6) is 0 Å². The molecule has 0 aliphatic carbocycles. The van der Waals surface area contributed by atoms with Crippen LogP contribution < -0.4 is 0 Å². The highest BCUT2D eigenvalue weighted by atomic mass is 16.5. The van der Waals surface area contributed by atoms with E-state index in [-0.39, 0.29) is 11.7 Å². The number of carboxylic acids is 1. The maximum Gasteiger partial charge on any atom is 0.335 e. The minimum Gasteiger partial charge on any atom is -0.478 e. The third-order valence-corrected chi connectivity index (χ3v) is 3.58. The number of hydrogen-bond donors (Lipinski definition) is 1. The van der Waals surface area contributed by atoms with E-state index in [4.69, 9.17) is 9.84 Å². The van der Waals surface area contributed by atoms with E-state index in [2.05, 4.69) is 10.3 Å². The minimum atomic E-state index is -0.924. The Balaban J connectivity index is 1.72. The number of aromatic carboxylic acids is 1. The van der Waals surface area contributed by atoms with Crippen LogP contribution >= 0.6 is 0 Å². The first-order valence-corrected chi connectivity index (χ1v) is 7.06. The molecule has 6 heteroatoms. The van der Waals surface area contributed by atoms with Gasteiger partial charge in [0, 0.05) is 6.61 Å². The largest absolute Gasteiger partial charge is 0.478 e. The molecular weight excluding hydrogens is 270 g/mol. The Hall–Kier alpha value is -2.21. The van der Waals surface area contributed by atoms with Crippen LogP contribution in [0.3, 0.4) is 0 Å². The summed E-state index contributed by atoms with van der Waals surface area (Å²) in [6.45, 7) is 1.28. The molecule has 1 aromatic heterocycles. The average Bonchev–Trinajstić information content (AvgIpc) is 2.97. The van der Waals surface area contributed by atoms with E-state index in [1.165, 1.54) is 0 Å². The minimum absolute atomic E-state index is 0.0397. The van der Waals surface area contributed by atoms with Gasteiger partial charge in [-0.25, -0.2) is 9.48 Å². The molecule has 6 nitrogen and oxygen atoms in total. The predicted molar refractivity (Wildman–Crippen MR) is 75.1 cm³/mol. The number of hydrogen-bond acceptors (Lipinski definition) is 4. The number of carboxylic acid groups (broad SMARTS) is 1. The summed E-state index contributed by atoms with van der Waals surface area (Å²) in [5.41, 5.74) is 2.02. The second-order valence-corrected chi connectivity index (χ2v) is 5.20. The van der Waals surface area contributed by atoms with Gasteiger partial charge in [-0.3, -0.25) is 0 Å². The molecule has 1 aromatic carbocycles. The van der Waals surface area contributed by atoms with Crippen molar-refractivity contribution in [3.8, 4) is 0 Å². The zero-order chi connectivity index (χ0) is 14.7. The van der Waals surface area contributed by atoms with Gasteiger partial charge < -0.3 is 9.84 Å². The fourth-order valence-electron chi connectivity index (χ4n) is 2.50. The Morgan fingerprint density at radius 3 is 3.10 bits per heavy atom. The van der Waals surface area contributed by atoms with Gasteiger partial charge in [0.15, 0.2) is 0 Å². The third-order valence-electron chi connectivity index (χ3n) is 3.58. The summed E-state index contributed by atoms with van der Waals surface area (Å²) in [4.78, 5) is 11.0. The molecule has 0 spiro atoms. The first-order valence-electron chi connectivity index (χ1n) is 7.06. The molecule has 2 heterocycles. The van der Waals surface area contributed by atoms with Gasteiger partial charge in [-0.1, -0.05) is 17.3 Å². The third kappa shape index (κ3) is 3.28. The second kappa shape index (κ2) is 6.05. The van der Waals surface area contributed by atoms with Gasteiger partial charge in [0.05, 0.1) is 18.3 Å². The van der Waals surface area contributed by atoms with Crippen LogP contribution in [-0.4, -0.2) is 32.7 Å². The number of aromatic nitrogens is 3. The van der Waals surface area contributed by atoms with Gasteiger partial charge in [0.2, 0.25) is 0 Å². The SMILES string of the molecule is O=C(O)c1cccc(Cn2cc(C3CCCCO3)nn2)c1. The number of nitrogens with zero attached hydrogens (tertiary/aromatic N) is 3. The lowest BCUT2D eigenvalue weighted by Gasteiger charge is -2.19. The van der Waals surface area contributed by atoms with Crippen molar-refractivity contribution in [3.05, 3.63) is 47.3 Å². The maximum atomic E-state index is 11.0. The zero-order valence-electron chi connectivity index (χ0n) is 11.6. The van der Waals surface area contributed by atoms with Crippen molar-refractivity contribution in [1.82, 2.24) is 15.0 Å². The molecule has 1 unspecified atom stereocenters. The molecule has 21 heavy (non-hydrogen) atoms.